The molecule has 0 spiro atoms. The Morgan fingerprint density at radius 3 is 3.10 bits per heavy atom. The van der Waals surface area contributed by atoms with Crippen LogP contribution in [0.15, 0.2) is 45.5 Å². The molecule has 160 valence electrons. The summed E-state index contributed by atoms with van der Waals surface area (Å²) in [6, 6.07) is 6.84. The van der Waals surface area contributed by atoms with Crippen LogP contribution in [0.25, 0.3) is 0 Å². The molecule has 2 atom stereocenters. The van der Waals surface area contributed by atoms with Gasteiger partial charge in [0.2, 0.25) is 0 Å². The second-order valence-corrected chi connectivity index (χ2v) is 7.68. The smallest absolute Gasteiger partial charge is 0.312 e. The van der Waals surface area contributed by atoms with Crippen molar-refractivity contribution in [2.45, 2.75) is 24.9 Å². The molecule has 3 heterocycles. The summed E-state index contributed by atoms with van der Waals surface area (Å²) >= 11 is 0. The summed E-state index contributed by atoms with van der Waals surface area (Å²) in [5.41, 5.74) is 17.7. The fourth-order valence-corrected chi connectivity index (χ4v) is 4.12. The minimum atomic E-state index is -0.537. The van der Waals surface area contributed by atoms with E-state index >= 15 is 0 Å². The van der Waals surface area contributed by atoms with Gasteiger partial charge in [0.25, 0.3) is 0 Å². The van der Waals surface area contributed by atoms with Gasteiger partial charge in [-0.25, -0.2) is 14.8 Å². The van der Waals surface area contributed by atoms with E-state index in [1.54, 1.807) is 13.4 Å². The molecule has 6 N–H and O–H groups in total. The number of carbonyl (C=O) groups excluding carboxylic acids is 1. The number of primary amides is 1. The van der Waals surface area contributed by atoms with Gasteiger partial charge in [0.05, 0.1) is 18.8 Å². The number of hydrogen-bond acceptors (Lipinski definition) is 7. The first-order valence-electron chi connectivity index (χ1n) is 10.1. The number of aliphatic imine (C=N–C) groups is 2. The molecule has 1 unspecified atom stereocenters. The molecule has 30 heavy (non-hydrogen) atoms. The molecule has 2 amide bonds. The average Bonchev–Trinajstić information content (AvgIpc) is 3.14. The molecule has 0 saturated carbocycles. The van der Waals surface area contributed by atoms with E-state index < -0.39 is 6.03 Å². The van der Waals surface area contributed by atoms with E-state index in [9.17, 15) is 4.79 Å². The third-order valence-corrected chi connectivity index (χ3v) is 5.64. The number of likely N-dealkylation sites (tertiary alicyclic amines) is 1. The van der Waals surface area contributed by atoms with Gasteiger partial charge in [-0.2, -0.15) is 0 Å². The average molecular weight is 412 g/mol. The van der Waals surface area contributed by atoms with Crippen molar-refractivity contribution in [3.05, 3.63) is 35.5 Å². The van der Waals surface area contributed by atoms with Gasteiger partial charge in [0, 0.05) is 38.3 Å². The van der Waals surface area contributed by atoms with Crippen LogP contribution in [-0.4, -0.2) is 73.5 Å². The lowest BCUT2D eigenvalue weighted by Gasteiger charge is -2.37. The molecule has 0 aromatic heterocycles. The summed E-state index contributed by atoms with van der Waals surface area (Å²) in [6.45, 7) is 3.15. The maximum atomic E-state index is 11.3. The van der Waals surface area contributed by atoms with Gasteiger partial charge in [-0.15, -0.1) is 0 Å². The van der Waals surface area contributed by atoms with Crippen molar-refractivity contribution >= 4 is 23.9 Å². The van der Waals surface area contributed by atoms with Crippen LogP contribution in [0.1, 0.15) is 12.8 Å². The minimum Gasteiger partial charge on any atom is -0.497 e. The molecular formula is C20H28N8O2. The maximum absolute atomic E-state index is 11.3. The third-order valence-electron chi connectivity index (χ3n) is 5.64. The number of rotatable bonds is 5. The predicted molar refractivity (Wildman–Crippen MR) is 116 cm³/mol. The summed E-state index contributed by atoms with van der Waals surface area (Å²) in [6.07, 6.45) is 3.38. The number of amides is 2. The molecule has 1 fully saturated rings. The molecule has 3 aliphatic heterocycles. The Balaban J connectivity index is 1.56. The van der Waals surface area contributed by atoms with Crippen LogP contribution in [0.2, 0.25) is 0 Å². The fraction of sp³-hybridized carbons (Fsp3) is 0.450. The minimum absolute atomic E-state index is 0.0855. The van der Waals surface area contributed by atoms with Crippen LogP contribution < -0.4 is 26.9 Å². The van der Waals surface area contributed by atoms with Gasteiger partial charge in [-0.1, -0.05) is 6.07 Å². The van der Waals surface area contributed by atoms with Gasteiger partial charge in [0.15, 0.2) is 5.84 Å². The van der Waals surface area contributed by atoms with Crippen molar-refractivity contribution in [1.82, 2.24) is 20.7 Å². The second kappa shape index (κ2) is 8.72. The number of nitrogens with zero attached hydrogens (tertiary/aromatic N) is 4. The molecule has 0 radical (unpaired) electrons. The van der Waals surface area contributed by atoms with Crippen molar-refractivity contribution < 1.29 is 9.53 Å². The number of hydrazine groups is 1. The Morgan fingerprint density at radius 1 is 1.43 bits per heavy atom. The number of methoxy groups -OCH3 is 1. The molecule has 1 saturated heterocycles. The van der Waals surface area contributed by atoms with Crippen molar-refractivity contribution in [3.63, 3.8) is 0 Å². The fourth-order valence-electron chi connectivity index (χ4n) is 4.12. The highest BCUT2D eigenvalue weighted by Crippen LogP contribution is 2.28. The monoisotopic (exact) mass is 412 g/mol. The number of amidine groups is 1. The molecule has 3 aliphatic rings. The van der Waals surface area contributed by atoms with E-state index in [4.69, 9.17) is 21.2 Å². The molecule has 0 bridgehead atoms. The van der Waals surface area contributed by atoms with Gasteiger partial charge >= 0.3 is 6.03 Å². The highest BCUT2D eigenvalue weighted by Gasteiger charge is 2.32. The number of nitrogens with two attached hydrogens (primary N) is 2. The molecule has 10 nitrogen and oxygen atoms in total. The number of fused-ring (bicyclic) bond motifs is 1. The van der Waals surface area contributed by atoms with Crippen LogP contribution in [0.5, 0.6) is 5.75 Å². The van der Waals surface area contributed by atoms with Crippen LogP contribution in [0.3, 0.4) is 0 Å². The van der Waals surface area contributed by atoms with E-state index in [2.05, 4.69) is 25.6 Å². The number of piperidine rings is 1. The summed E-state index contributed by atoms with van der Waals surface area (Å²) in [7, 11) is 1.64. The van der Waals surface area contributed by atoms with Crippen molar-refractivity contribution in [2.75, 3.05) is 33.3 Å². The molecule has 0 aliphatic carbocycles. The normalized spacial score (nSPS) is 25.3. The third kappa shape index (κ3) is 4.39. The second-order valence-electron chi connectivity index (χ2n) is 7.68. The Hall–Kier alpha value is -3.11. The Morgan fingerprint density at radius 2 is 2.30 bits per heavy atom. The maximum Gasteiger partial charge on any atom is 0.312 e. The zero-order valence-corrected chi connectivity index (χ0v) is 17.0. The number of nitrogens with one attached hydrogen (secondary N) is 2. The molecule has 1 aromatic rings. The van der Waals surface area contributed by atoms with Gasteiger partial charge in [0.1, 0.15) is 17.8 Å². The van der Waals surface area contributed by atoms with Crippen LogP contribution in [0.4, 0.5) is 10.5 Å². The lowest BCUT2D eigenvalue weighted by molar-refractivity contribution is 0.182. The standard InChI is InChI=1S/C20H28N8O2/c1-30-15-4-2-3-14(9-15)25-19-18-13(5-8-28(18)24-12-23-19)10-27-7-6-16(21)17(11-27)26-20(22)29/h2-4,9,12,16-17H,5-8,10-11,21H2,1H3,(H3,22,26,29)(H,23,24,25)/t16-,17?/m1/s1. The Bertz CT molecular complexity index is 897. The first-order valence-corrected chi connectivity index (χ1v) is 10.1. The number of benzene rings is 1. The topological polar surface area (TPSA) is 134 Å². The number of urea groups is 1. The number of hydrogen-bond donors (Lipinski definition) is 4. The first kappa shape index (κ1) is 20.2. The lowest BCUT2D eigenvalue weighted by Crippen LogP contribution is -2.59. The van der Waals surface area contributed by atoms with Crippen molar-refractivity contribution in [3.8, 4) is 5.75 Å². The highest BCUT2D eigenvalue weighted by molar-refractivity contribution is 6.05. The van der Waals surface area contributed by atoms with E-state index in [-0.39, 0.29) is 12.1 Å². The molecule has 10 heteroatoms. The summed E-state index contributed by atoms with van der Waals surface area (Å²) in [4.78, 5) is 22.8. The first-order chi connectivity index (χ1) is 14.5. The Kier molecular flexibility index (Phi) is 5.86. The van der Waals surface area contributed by atoms with Crippen LogP contribution >= 0.6 is 0 Å². The van der Waals surface area contributed by atoms with E-state index in [0.29, 0.717) is 12.4 Å². The highest BCUT2D eigenvalue weighted by atomic mass is 16.5. The molecule has 1 aromatic carbocycles. The predicted octanol–water partition coefficient (Wildman–Crippen LogP) is 0.301. The Labute approximate surface area is 175 Å². The van der Waals surface area contributed by atoms with E-state index in [0.717, 1.165) is 49.6 Å². The van der Waals surface area contributed by atoms with Crippen molar-refractivity contribution in [2.24, 2.45) is 21.5 Å². The quantitative estimate of drug-likeness (QED) is 0.550. The van der Waals surface area contributed by atoms with Gasteiger partial charge in [-0.3, -0.25) is 15.3 Å². The summed E-state index contributed by atoms with van der Waals surface area (Å²) in [5, 5.41) is 4.85. The summed E-state index contributed by atoms with van der Waals surface area (Å²) < 4.78 is 5.30. The van der Waals surface area contributed by atoms with Gasteiger partial charge in [-0.05, 0) is 30.5 Å². The largest absolute Gasteiger partial charge is 0.497 e. The SMILES string of the molecule is COc1cccc(N=C2N=CNN3CCC(CN4CC[C@@H](N)C(NC(N)=O)C4)=C23)c1. The number of ether oxygens (including phenoxy) is 1. The van der Waals surface area contributed by atoms with Crippen LogP contribution in [-0.2, 0) is 0 Å². The van der Waals surface area contributed by atoms with E-state index in [1.807, 2.05) is 24.3 Å². The van der Waals surface area contributed by atoms with Crippen LogP contribution in [0, 0.1) is 0 Å². The number of carbonyl (C=O) groups is 1. The summed E-state index contributed by atoms with van der Waals surface area (Å²) in [5.74, 6) is 1.43. The molecule has 4 rings (SSSR count). The zero-order chi connectivity index (χ0) is 21.1. The molecular weight excluding hydrogens is 384 g/mol. The van der Waals surface area contributed by atoms with Gasteiger partial charge < -0.3 is 21.5 Å². The zero-order valence-electron chi connectivity index (χ0n) is 17.0. The van der Waals surface area contributed by atoms with E-state index in [1.165, 1.54) is 5.57 Å². The lowest BCUT2D eigenvalue weighted by atomic mass is 9.99. The van der Waals surface area contributed by atoms with Crippen molar-refractivity contribution in [1.29, 1.82) is 0 Å².